The predicted octanol–water partition coefficient (Wildman–Crippen LogP) is 2.83. The Hall–Kier alpha value is -2.09. The zero-order chi connectivity index (χ0) is 18.4. The van der Waals surface area contributed by atoms with E-state index >= 15 is 0 Å². The molecule has 6 nitrogen and oxygen atoms in total. The minimum absolute atomic E-state index is 0.00115. The molecular weight excluding hydrogens is 364 g/mol. The van der Waals surface area contributed by atoms with Crippen molar-refractivity contribution in [1.29, 1.82) is 0 Å². The highest BCUT2D eigenvalue weighted by atomic mass is 35.5. The van der Waals surface area contributed by atoms with E-state index in [-0.39, 0.29) is 16.4 Å². The number of benzene rings is 2. The van der Waals surface area contributed by atoms with Crippen molar-refractivity contribution in [1.82, 2.24) is 5.32 Å². The Morgan fingerprint density at radius 3 is 2.64 bits per heavy atom. The zero-order valence-corrected chi connectivity index (χ0v) is 15.4. The summed E-state index contributed by atoms with van der Waals surface area (Å²) in [5.74, 6) is -0.364. The molecule has 0 saturated carbocycles. The Morgan fingerprint density at radius 2 is 1.96 bits per heavy atom. The normalized spacial score (nSPS) is 11.2. The number of ether oxygens (including phenoxy) is 1. The molecule has 0 saturated heterocycles. The Balaban J connectivity index is 2.22. The number of methoxy groups -OCH3 is 1. The number of halogens is 1. The number of amides is 1. The van der Waals surface area contributed by atoms with Crippen LogP contribution in [-0.2, 0) is 14.8 Å². The summed E-state index contributed by atoms with van der Waals surface area (Å²) in [7, 11) is -2.30. The molecule has 2 N–H and O–H groups in total. The lowest BCUT2D eigenvalue weighted by Gasteiger charge is -2.12. The number of nitrogens with one attached hydrogen (secondary N) is 2. The standard InChI is InChI=1S/C17H19ClN2O4S/c1-12-10-14(18)6-7-16(12)20-25(22,23)15-5-3-4-13(11-15)17(21)19-8-9-24-2/h3-7,10-11,20H,8-9H2,1-2H3,(H,19,21). The maximum atomic E-state index is 12.6. The van der Waals surface area contributed by atoms with Crippen LogP contribution < -0.4 is 10.0 Å². The summed E-state index contributed by atoms with van der Waals surface area (Å²) < 4.78 is 32.5. The van der Waals surface area contributed by atoms with Crippen LogP contribution in [0.4, 0.5) is 5.69 Å². The van der Waals surface area contributed by atoms with Gasteiger partial charge in [-0.25, -0.2) is 8.42 Å². The lowest BCUT2D eigenvalue weighted by atomic mass is 10.2. The number of carbonyl (C=O) groups is 1. The van der Waals surface area contributed by atoms with Crippen molar-refractivity contribution in [2.24, 2.45) is 0 Å². The molecule has 2 aromatic carbocycles. The van der Waals surface area contributed by atoms with Gasteiger partial charge < -0.3 is 10.1 Å². The van der Waals surface area contributed by atoms with Gasteiger partial charge in [-0.1, -0.05) is 17.7 Å². The van der Waals surface area contributed by atoms with Gasteiger partial charge in [0.1, 0.15) is 0 Å². The number of sulfonamides is 1. The third-order valence-electron chi connectivity index (χ3n) is 3.43. The lowest BCUT2D eigenvalue weighted by molar-refractivity contribution is 0.0937. The largest absolute Gasteiger partial charge is 0.383 e. The van der Waals surface area contributed by atoms with Crippen molar-refractivity contribution < 1.29 is 17.9 Å². The quantitative estimate of drug-likeness (QED) is 0.721. The summed E-state index contributed by atoms with van der Waals surface area (Å²) in [6, 6.07) is 10.7. The molecule has 134 valence electrons. The number of hydrogen-bond donors (Lipinski definition) is 2. The van der Waals surface area contributed by atoms with Gasteiger partial charge in [-0.3, -0.25) is 9.52 Å². The van der Waals surface area contributed by atoms with Crippen molar-refractivity contribution in [3.05, 3.63) is 58.6 Å². The average Bonchev–Trinajstić information content (AvgIpc) is 2.57. The fraction of sp³-hybridized carbons (Fsp3) is 0.235. The van der Waals surface area contributed by atoms with Crippen LogP contribution in [0.3, 0.4) is 0 Å². The van der Waals surface area contributed by atoms with Gasteiger partial charge in [0.2, 0.25) is 0 Å². The van der Waals surface area contributed by atoms with Crippen molar-refractivity contribution in [3.8, 4) is 0 Å². The van der Waals surface area contributed by atoms with Gasteiger partial charge in [-0.2, -0.15) is 0 Å². The first-order valence-electron chi connectivity index (χ1n) is 7.49. The van der Waals surface area contributed by atoms with Crippen molar-refractivity contribution in [2.45, 2.75) is 11.8 Å². The SMILES string of the molecule is COCCNC(=O)c1cccc(S(=O)(=O)Nc2ccc(Cl)cc2C)c1. The van der Waals surface area contributed by atoms with Gasteiger partial charge >= 0.3 is 0 Å². The maximum absolute atomic E-state index is 12.6. The van der Waals surface area contributed by atoms with E-state index in [1.165, 1.54) is 25.3 Å². The van der Waals surface area contributed by atoms with E-state index in [0.717, 1.165) is 0 Å². The number of aryl methyl sites for hydroxylation is 1. The Labute approximate surface area is 152 Å². The van der Waals surface area contributed by atoms with E-state index < -0.39 is 10.0 Å². The van der Waals surface area contributed by atoms with Crippen LogP contribution in [0.1, 0.15) is 15.9 Å². The molecule has 0 aliphatic heterocycles. The van der Waals surface area contributed by atoms with E-state index in [2.05, 4.69) is 10.0 Å². The lowest BCUT2D eigenvalue weighted by Crippen LogP contribution is -2.27. The van der Waals surface area contributed by atoms with Crippen LogP contribution in [0.5, 0.6) is 0 Å². The molecule has 25 heavy (non-hydrogen) atoms. The van der Waals surface area contributed by atoms with Crippen LogP contribution in [0.25, 0.3) is 0 Å². The molecule has 2 aromatic rings. The molecule has 0 heterocycles. The molecule has 8 heteroatoms. The fourth-order valence-electron chi connectivity index (χ4n) is 2.12. The molecule has 2 rings (SSSR count). The molecule has 0 radical (unpaired) electrons. The summed E-state index contributed by atoms with van der Waals surface area (Å²) in [4.78, 5) is 12.1. The van der Waals surface area contributed by atoms with Gasteiger partial charge in [-0.05, 0) is 48.9 Å². The van der Waals surface area contributed by atoms with E-state index in [1.807, 2.05) is 0 Å². The number of anilines is 1. The number of rotatable bonds is 7. The third kappa shape index (κ3) is 5.19. The summed E-state index contributed by atoms with van der Waals surface area (Å²) in [5.41, 5.74) is 1.38. The molecule has 0 unspecified atom stereocenters. The van der Waals surface area contributed by atoms with Gasteiger partial charge in [0.15, 0.2) is 0 Å². The van der Waals surface area contributed by atoms with Crippen LogP contribution in [0.15, 0.2) is 47.4 Å². The Morgan fingerprint density at radius 1 is 1.20 bits per heavy atom. The van der Waals surface area contributed by atoms with E-state index in [0.29, 0.717) is 29.4 Å². The van der Waals surface area contributed by atoms with Gasteiger partial charge in [0, 0.05) is 24.2 Å². The molecule has 1 amide bonds. The predicted molar refractivity (Wildman–Crippen MR) is 97.6 cm³/mol. The van der Waals surface area contributed by atoms with Crippen molar-refractivity contribution >= 4 is 33.2 Å². The highest BCUT2D eigenvalue weighted by Gasteiger charge is 2.17. The van der Waals surface area contributed by atoms with Gasteiger partial charge in [0.25, 0.3) is 15.9 Å². The Bertz CT molecular complexity index is 869. The average molecular weight is 383 g/mol. The maximum Gasteiger partial charge on any atom is 0.261 e. The molecule has 0 aliphatic carbocycles. The second-order valence-corrected chi connectivity index (χ2v) is 7.46. The Kier molecular flexibility index (Phi) is 6.41. The van der Waals surface area contributed by atoms with E-state index in [1.54, 1.807) is 31.2 Å². The van der Waals surface area contributed by atoms with Crippen LogP contribution in [0.2, 0.25) is 5.02 Å². The molecule has 0 spiro atoms. The summed E-state index contributed by atoms with van der Waals surface area (Å²) in [6.45, 7) is 2.47. The number of carbonyl (C=O) groups excluding carboxylic acids is 1. The molecular formula is C17H19ClN2O4S. The summed E-state index contributed by atoms with van der Waals surface area (Å²) >= 11 is 5.88. The molecule has 0 aromatic heterocycles. The first-order chi connectivity index (χ1) is 11.8. The smallest absolute Gasteiger partial charge is 0.261 e. The van der Waals surface area contributed by atoms with Gasteiger partial charge in [0.05, 0.1) is 17.2 Å². The molecule has 0 aliphatic rings. The zero-order valence-electron chi connectivity index (χ0n) is 13.9. The molecule has 0 atom stereocenters. The summed E-state index contributed by atoms with van der Waals surface area (Å²) in [6.07, 6.45) is 0. The summed E-state index contributed by atoms with van der Waals surface area (Å²) in [5, 5.41) is 3.17. The fourth-order valence-corrected chi connectivity index (χ4v) is 3.52. The first-order valence-corrected chi connectivity index (χ1v) is 9.36. The van der Waals surface area contributed by atoms with E-state index in [4.69, 9.17) is 16.3 Å². The van der Waals surface area contributed by atoms with Crippen molar-refractivity contribution in [2.75, 3.05) is 25.0 Å². The second kappa shape index (κ2) is 8.33. The van der Waals surface area contributed by atoms with Crippen LogP contribution in [0, 0.1) is 6.92 Å². The highest BCUT2D eigenvalue weighted by Crippen LogP contribution is 2.23. The number of hydrogen-bond acceptors (Lipinski definition) is 4. The minimum Gasteiger partial charge on any atom is -0.383 e. The van der Waals surface area contributed by atoms with Gasteiger partial charge in [-0.15, -0.1) is 0 Å². The highest BCUT2D eigenvalue weighted by molar-refractivity contribution is 7.92. The van der Waals surface area contributed by atoms with Crippen molar-refractivity contribution in [3.63, 3.8) is 0 Å². The molecule has 0 bridgehead atoms. The molecule has 0 fully saturated rings. The second-order valence-electron chi connectivity index (χ2n) is 5.34. The topological polar surface area (TPSA) is 84.5 Å². The minimum atomic E-state index is -3.83. The van der Waals surface area contributed by atoms with Crippen LogP contribution >= 0.6 is 11.6 Å². The van der Waals surface area contributed by atoms with Crippen LogP contribution in [-0.4, -0.2) is 34.6 Å². The first kappa shape index (κ1) is 19.2. The third-order valence-corrected chi connectivity index (χ3v) is 5.03. The monoisotopic (exact) mass is 382 g/mol. The van der Waals surface area contributed by atoms with E-state index in [9.17, 15) is 13.2 Å².